The summed E-state index contributed by atoms with van der Waals surface area (Å²) in [5.41, 5.74) is 19.8. The second kappa shape index (κ2) is 21.9. The molecule has 2 fully saturated rings. The van der Waals surface area contributed by atoms with Gasteiger partial charge in [0, 0.05) is 54.6 Å². The number of amides is 8. The summed E-state index contributed by atoms with van der Waals surface area (Å²) in [4.78, 5) is 119. The lowest BCUT2D eigenvalue weighted by Gasteiger charge is -2.33. The highest BCUT2D eigenvalue weighted by molar-refractivity contribution is 5.99. The normalized spacial score (nSPS) is 24.4. The number of para-hydroxylation sites is 1. The van der Waals surface area contributed by atoms with Gasteiger partial charge in [0.25, 0.3) is 0 Å². The molecule has 5 aromatic rings. The molecular weight excluding hydrogens is 889 g/mol. The molecule has 0 aliphatic carbocycles. The Morgan fingerprint density at radius 1 is 0.855 bits per heavy atom. The lowest BCUT2D eigenvalue weighted by Crippen LogP contribution is -2.60. The fourth-order valence-corrected chi connectivity index (χ4v) is 8.72. The van der Waals surface area contributed by atoms with Crippen LogP contribution in [0.2, 0.25) is 0 Å². The molecule has 0 radical (unpaired) electrons. The number of primary amides is 2. The van der Waals surface area contributed by atoms with Crippen molar-refractivity contribution in [3.8, 4) is 11.4 Å². The zero-order chi connectivity index (χ0) is 49.4. The van der Waals surface area contributed by atoms with Gasteiger partial charge in [-0.25, -0.2) is 4.68 Å². The fourth-order valence-electron chi connectivity index (χ4n) is 8.72. The minimum absolute atomic E-state index is 0.0109. The van der Waals surface area contributed by atoms with Crippen LogP contribution < -0.4 is 43.8 Å². The summed E-state index contributed by atoms with van der Waals surface area (Å²) in [6.45, 7) is 3.53. The van der Waals surface area contributed by atoms with Crippen LogP contribution in [-0.2, 0) is 44.8 Å². The summed E-state index contributed by atoms with van der Waals surface area (Å²) in [5.74, 6) is -6.89. The van der Waals surface area contributed by atoms with E-state index in [0.29, 0.717) is 36.2 Å². The molecule has 5 heterocycles. The molecule has 0 unspecified atom stereocenters. The molecule has 8 amide bonds. The Hall–Kier alpha value is -7.75. The number of benzene rings is 2. The summed E-state index contributed by atoms with van der Waals surface area (Å²) in [7, 11) is 0. The standard InChI is InChI=1S/C47H58N14O8/c1-3-25(2)41-47(69)60-23-29(61-24-37(58-59-61)34-16-26-10-4-5-11-27(26)21-53-34)18-38(60)46(68)56-35(17-28-22-52-32-13-7-6-12-30(28)32)44(66)54-33(42(50)64)14-8-9-15-51-40(63)19-31(48)43(65)55-36(20-39(49)62)45(67)57-41/h4-7,10-13,16,21-22,24-25,29,31,33,35-36,38,41,52H,3,8-9,14-15,17-20,23,48H2,1-2H3,(H2,49,62)(H2,50,64)(H,51,63)(H,54,66)(H,55,65)(H,56,68)(H,57,67)/t25-,29-,31-,33-,35-,36-,38-,41-/m0/s1. The van der Waals surface area contributed by atoms with Crippen molar-refractivity contribution in [1.82, 2.24) is 56.4 Å². The molecular formula is C47H58N14O8. The molecule has 2 aromatic carbocycles. The number of aromatic amines is 1. The van der Waals surface area contributed by atoms with Crippen LogP contribution >= 0.6 is 0 Å². The molecule has 22 heteroatoms. The molecule has 2 saturated heterocycles. The smallest absolute Gasteiger partial charge is 0.246 e. The van der Waals surface area contributed by atoms with Gasteiger partial charge in [0.2, 0.25) is 47.3 Å². The number of aromatic nitrogens is 5. The molecule has 12 N–H and O–H groups in total. The number of hydrogen-bond acceptors (Lipinski definition) is 12. The predicted molar refractivity (Wildman–Crippen MR) is 252 cm³/mol. The number of hydrogen-bond donors (Lipinski definition) is 9. The highest BCUT2D eigenvalue weighted by Gasteiger charge is 2.45. The van der Waals surface area contributed by atoms with E-state index in [0.717, 1.165) is 21.7 Å². The molecule has 2 aliphatic rings. The minimum Gasteiger partial charge on any atom is -0.370 e. The average Bonchev–Trinajstić information content (AvgIpc) is 4.11. The van der Waals surface area contributed by atoms with E-state index < -0.39 is 108 Å². The van der Waals surface area contributed by atoms with Crippen molar-refractivity contribution in [3.05, 3.63) is 78.8 Å². The van der Waals surface area contributed by atoms with Crippen molar-refractivity contribution >= 4 is 68.9 Å². The maximum atomic E-state index is 15.1. The van der Waals surface area contributed by atoms with Gasteiger partial charge in [-0.05, 0) is 48.3 Å². The van der Waals surface area contributed by atoms with E-state index in [1.54, 1.807) is 37.1 Å². The van der Waals surface area contributed by atoms with Crippen LogP contribution in [0.25, 0.3) is 33.1 Å². The monoisotopic (exact) mass is 946 g/mol. The summed E-state index contributed by atoms with van der Waals surface area (Å²) >= 11 is 0. The van der Waals surface area contributed by atoms with Gasteiger partial charge in [0.1, 0.15) is 35.9 Å². The SMILES string of the molecule is CC[C@H](C)[C@@H]1NC(=O)[C@H](CC(N)=O)NC(=O)[C@@H](N)CC(=O)NCCCC[C@@H](C(N)=O)NC(=O)[C@H](Cc2c[nH]c3ccccc23)NC(=O)[C@@H]2C[C@H](n3cc(-c4cc5ccccc5cn4)nn3)CN2C1=O. The molecule has 7 rings (SSSR count). The van der Waals surface area contributed by atoms with Crippen LogP contribution in [0.15, 0.2) is 73.2 Å². The number of nitrogens with two attached hydrogens (primary N) is 3. The van der Waals surface area contributed by atoms with E-state index in [1.807, 2.05) is 54.6 Å². The summed E-state index contributed by atoms with van der Waals surface area (Å²) in [6.07, 6.45) is 5.04. The highest BCUT2D eigenvalue weighted by atomic mass is 16.2. The molecule has 22 nitrogen and oxygen atoms in total. The molecule has 69 heavy (non-hydrogen) atoms. The van der Waals surface area contributed by atoms with Gasteiger partial charge >= 0.3 is 0 Å². The van der Waals surface area contributed by atoms with Gasteiger partial charge in [-0.15, -0.1) is 5.10 Å². The largest absolute Gasteiger partial charge is 0.370 e. The van der Waals surface area contributed by atoms with Gasteiger partial charge in [-0.2, -0.15) is 0 Å². The van der Waals surface area contributed by atoms with Gasteiger partial charge in [0.05, 0.1) is 36.8 Å². The maximum Gasteiger partial charge on any atom is 0.246 e. The van der Waals surface area contributed by atoms with Crippen LogP contribution in [0.5, 0.6) is 0 Å². The second-order valence-electron chi connectivity index (χ2n) is 17.7. The van der Waals surface area contributed by atoms with Gasteiger partial charge in [-0.3, -0.25) is 43.3 Å². The lowest BCUT2D eigenvalue weighted by atomic mass is 9.96. The Morgan fingerprint density at radius 3 is 2.33 bits per heavy atom. The van der Waals surface area contributed by atoms with Crippen LogP contribution in [0.3, 0.4) is 0 Å². The third kappa shape index (κ3) is 11.9. The molecule has 0 saturated carbocycles. The van der Waals surface area contributed by atoms with Crippen LogP contribution in [0.4, 0.5) is 0 Å². The first-order valence-corrected chi connectivity index (χ1v) is 23.0. The summed E-state index contributed by atoms with van der Waals surface area (Å²) in [5, 5.41) is 24.8. The van der Waals surface area contributed by atoms with E-state index >= 15 is 4.79 Å². The number of nitrogens with one attached hydrogen (secondary N) is 6. The summed E-state index contributed by atoms with van der Waals surface area (Å²) < 4.78 is 1.54. The van der Waals surface area contributed by atoms with Crippen molar-refractivity contribution < 1.29 is 38.4 Å². The lowest BCUT2D eigenvalue weighted by molar-refractivity contribution is -0.143. The number of rotatable bonds is 9. The van der Waals surface area contributed by atoms with Gasteiger partial charge < -0.3 is 53.7 Å². The molecule has 364 valence electrons. The number of nitrogens with zero attached hydrogens (tertiary/aromatic N) is 5. The topological polar surface area (TPSA) is 337 Å². The first-order chi connectivity index (χ1) is 33.1. The van der Waals surface area contributed by atoms with Gasteiger partial charge in [0.15, 0.2) is 0 Å². The van der Waals surface area contributed by atoms with E-state index in [1.165, 1.54) is 4.90 Å². The zero-order valence-electron chi connectivity index (χ0n) is 38.4. The fraction of sp³-hybridized carbons (Fsp3) is 0.426. The van der Waals surface area contributed by atoms with Crippen molar-refractivity contribution in [3.63, 3.8) is 0 Å². The third-order valence-electron chi connectivity index (χ3n) is 12.8. The predicted octanol–water partition coefficient (Wildman–Crippen LogP) is -0.277. The maximum absolute atomic E-state index is 15.1. The molecule has 0 bridgehead atoms. The van der Waals surface area contributed by atoms with Gasteiger partial charge in [-0.1, -0.05) is 67.9 Å². The quantitative estimate of drug-likeness (QED) is 0.0922. The minimum atomic E-state index is -1.59. The third-order valence-corrected chi connectivity index (χ3v) is 12.8. The Balaban J connectivity index is 1.26. The second-order valence-corrected chi connectivity index (χ2v) is 17.7. The van der Waals surface area contributed by atoms with Crippen LogP contribution in [-0.4, -0.2) is 126 Å². The molecule has 8 atom stereocenters. The summed E-state index contributed by atoms with van der Waals surface area (Å²) in [6, 6.07) is 8.27. The first kappa shape index (κ1) is 49.2. The molecule has 0 spiro atoms. The number of fused-ring (bicyclic) bond motifs is 3. The van der Waals surface area contributed by atoms with Crippen LogP contribution in [0.1, 0.15) is 70.4 Å². The number of H-pyrrole nitrogens is 1. The van der Waals surface area contributed by atoms with E-state index in [9.17, 15) is 33.6 Å². The molecule has 3 aromatic heterocycles. The Morgan fingerprint density at radius 2 is 1.58 bits per heavy atom. The Bertz CT molecular complexity index is 2740. The van der Waals surface area contributed by atoms with Crippen LogP contribution in [0, 0.1) is 5.92 Å². The zero-order valence-corrected chi connectivity index (χ0v) is 38.4. The van der Waals surface area contributed by atoms with Crippen molar-refractivity contribution in [2.24, 2.45) is 23.1 Å². The molecule has 2 aliphatic heterocycles. The first-order valence-electron chi connectivity index (χ1n) is 23.0. The number of carbonyl (C=O) groups is 8. The van der Waals surface area contributed by atoms with E-state index in [-0.39, 0.29) is 32.4 Å². The van der Waals surface area contributed by atoms with Crippen molar-refractivity contribution in [1.29, 1.82) is 0 Å². The van der Waals surface area contributed by atoms with Crippen molar-refractivity contribution in [2.75, 3.05) is 13.1 Å². The highest BCUT2D eigenvalue weighted by Crippen LogP contribution is 2.31. The van der Waals surface area contributed by atoms with Crippen molar-refractivity contribution in [2.45, 2.75) is 108 Å². The number of carbonyl (C=O) groups excluding carboxylic acids is 8. The Labute approximate surface area is 396 Å². The number of pyridine rings is 1. The van der Waals surface area contributed by atoms with E-state index in [2.05, 4.69) is 46.9 Å². The average molecular weight is 947 g/mol. The van der Waals surface area contributed by atoms with E-state index in [4.69, 9.17) is 17.2 Å². The Kier molecular flexibility index (Phi) is 15.6.